The van der Waals surface area contributed by atoms with Gasteiger partial charge >= 0.3 is 0 Å². The van der Waals surface area contributed by atoms with Crippen LogP contribution < -0.4 is 5.32 Å². The fraction of sp³-hybridized carbons (Fsp3) is 0.333. The summed E-state index contributed by atoms with van der Waals surface area (Å²) < 4.78 is 1.72. The molecule has 0 radical (unpaired) electrons. The van der Waals surface area contributed by atoms with E-state index < -0.39 is 11.9 Å². The maximum absolute atomic E-state index is 12.9. The van der Waals surface area contributed by atoms with Crippen LogP contribution in [0.15, 0.2) is 30.5 Å². The maximum Gasteiger partial charge on any atom is 0.258 e. The molecule has 3 rings (SSSR count). The predicted molar refractivity (Wildman–Crippen MR) is 91.3 cm³/mol. The van der Waals surface area contributed by atoms with Gasteiger partial charge in [-0.2, -0.15) is 5.10 Å². The summed E-state index contributed by atoms with van der Waals surface area (Å²) in [6.45, 7) is 5.92. The first-order valence-corrected chi connectivity index (χ1v) is 8.19. The topological polar surface area (TPSA) is 84.3 Å². The number of rotatable bonds is 4. The van der Waals surface area contributed by atoms with E-state index in [1.807, 2.05) is 38.1 Å². The summed E-state index contributed by atoms with van der Waals surface area (Å²) >= 11 is 0. The van der Waals surface area contributed by atoms with E-state index in [9.17, 15) is 14.4 Å². The highest BCUT2D eigenvalue weighted by Gasteiger charge is 2.38. The molecule has 1 aliphatic heterocycles. The molecule has 0 unspecified atom stereocenters. The van der Waals surface area contributed by atoms with E-state index in [0.29, 0.717) is 17.8 Å². The van der Waals surface area contributed by atoms with Gasteiger partial charge in [0, 0.05) is 6.54 Å². The second kappa shape index (κ2) is 6.51. The highest BCUT2D eigenvalue weighted by atomic mass is 16.2. The fourth-order valence-corrected chi connectivity index (χ4v) is 3.12. The molecule has 7 heteroatoms. The lowest BCUT2D eigenvalue weighted by atomic mass is 10.1. The molecule has 3 amide bonds. The summed E-state index contributed by atoms with van der Waals surface area (Å²) in [6.07, 6.45) is 1.52. The first-order chi connectivity index (χ1) is 11.9. The normalized spacial score (nSPS) is 16.8. The number of hydrogen-bond acceptors (Lipinski definition) is 4. The second-order valence-corrected chi connectivity index (χ2v) is 6.07. The Morgan fingerprint density at radius 1 is 1.32 bits per heavy atom. The zero-order chi connectivity index (χ0) is 18.1. The first-order valence-electron chi connectivity index (χ1n) is 8.19. The van der Waals surface area contributed by atoms with Gasteiger partial charge < -0.3 is 4.90 Å². The molecule has 7 nitrogen and oxygen atoms in total. The van der Waals surface area contributed by atoms with Gasteiger partial charge in [-0.05, 0) is 32.4 Å². The number of aromatic nitrogens is 2. The number of nitrogens with zero attached hydrogens (tertiary/aromatic N) is 3. The summed E-state index contributed by atoms with van der Waals surface area (Å²) in [5.41, 5.74) is 3.07. The summed E-state index contributed by atoms with van der Waals surface area (Å²) in [5.74, 6) is -1.08. The average molecular weight is 340 g/mol. The average Bonchev–Trinajstić information content (AvgIpc) is 3.11. The molecule has 1 aliphatic rings. The van der Waals surface area contributed by atoms with Crippen LogP contribution in [0.25, 0.3) is 5.69 Å². The van der Waals surface area contributed by atoms with Gasteiger partial charge in [-0.15, -0.1) is 0 Å². The highest BCUT2D eigenvalue weighted by Crippen LogP contribution is 2.21. The van der Waals surface area contributed by atoms with Crippen molar-refractivity contribution in [2.75, 3.05) is 6.54 Å². The maximum atomic E-state index is 12.9. The Bertz CT molecular complexity index is 856. The molecule has 130 valence electrons. The predicted octanol–water partition coefficient (Wildman–Crippen LogP) is 1.37. The minimum absolute atomic E-state index is 0.00336. The number of benzene rings is 1. The lowest BCUT2D eigenvalue weighted by Crippen LogP contribution is -2.44. The molecule has 2 heterocycles. The van der Waals surface area contributed by atoms with Crippen molar-refractivity contribution in [3.8, 4) is 5.69 Å². The number of amides is 3. The van der Waals surface area contributed by atoms with Crippen LogP contribution in [0.4, 0.5) is 0 Å². The summed E-state index contributed by atoms with van der Waals surface area (Å²) in [5, 5.41) is 6.60. The van der Waals surface area contributed by atoms with Gasteiger partial charge in [0.05, 0.1) is 29.6 Å². The molecule has 0 saturated carbocycles. The Kier molecular flexibility index (Phi) is 4.39. The number of carbonyl (C=O) groups is 3. The number of aryl methyl sites for hydroxylation is 1. The second-order valence-electron chi connectivity index (χ2n) is 6.07. The number of nitrogens with one attached hydrogen (secondary N) is 1. The summed E-state index contributed by atoms with van der Waals surface area (Å²) in [6, 6.07) is 7.01. The van der Waals surface area contributed by atoms with Crippen LogP contribution in [0.2, 0.25) is 0 Å². The highest BCUT2D eigenvalue weighted by molar-refractivity contribution is 6.08. The van der Waals surface area contributed by atoms with E-state index >= 15 is 0 Å². The molecular weight excluding hydrogens is 320 g/mol. The van der Waals surface area contributed by atoms with Crippen LogP contribution in [0, 0.1) is 13.8 Å². The SMILES string of the molecule is CCN(C(=O)c1cnn(-c2ccccc2C)c1C)[C@H]1CC(=O)NC1=O. The Morgan fingerprint density at radius 2 is 2.04 bits per heavy atom. The van der Waals surface area contributed by atoms with Crippen molar-refractivity contribution >= 4 is 17.7 Å². The van der Waals surface area contributed by atoms with Crippen LogP contribution in [-0.2, 0) is 9.59 Å². The number of hydrogen-bond donors (Lipinski definition) is 1. The lowest BCUT2D eigenvalue weighted by molar-refractivity contribution is -0.126. The molecule has 0 bridgehead atoms. The molecule has 25 heavy (non-hydrogen) atoms. The smallest absolute Gasteiger partial charge is 0.258 e. The minimum Gasteiger partial charge on any atom is -0.326 e. The Labute approximate surface area is 145 Å². The molecule has 1 aromatic heterocycles. The lowest BCUT2D eigenvalue weighted by Gasteiger charge is -2.25. The largest absolute Gasteiger partial charge is 0.326 e. The molecule has 2 aromatic rings. The number of likely N-dealkylation sites (N-methyl/N-ethyl adjacent to an activating group) is 1. The third-order valence-electron chi connectivity index (χ3n) is 4.51. The third kappa shape index (κ3) is 2.93. The Morgan fingerprint density at radius 3 is 2.64 bits per heavy atom. The van der Waals surface area contributed by atoms with Crippen molar-refractivity contribution in [1.82, 2.24) is 20.0 Å². The van der Waals surface area contributed by atoms with Crippen molar-refractivity contribution in [3.05, 3.63) is 47.3 Å². The van der Waals surface area contributed by atoms with Crippen molar-refractivity contribution in [2.24, 2.45) is 0 Å². The molecule has 0 aliphatic carbocycles. The van der Waals surface area contributed by atoms with Crippen LogP contribution in [0.5, 0.6) is 0 Å². The van der Waals surface area contributed by atoms with E-state index in [2.05, 4.69) is 10.4 Å². The third-order valence-corrected chi connectivity index (χ3v) is 4.51. The van der Waals surface area contributed by atoms with E-state index in [0.717, 1.165) is 11.3 Å². The number of para-hydroxylation sites is 1. The van der Waals surface area contributed by atoms with Crippen molar-refractivity contribution < 1.29 is 14.4 Å². The van der Waals surface area contributed by atoms with Crippen LogP contribution >= 0.6 is 0 Å². The summed E-state index contributed by atoms with van der Waals surface area (Å²) in [7, 11) is 0. The molecule has 1 saturated heterocycles. The van der Waals surface area contributed by atoms with Crippen molar-refractivity contribution in [2.45, 2.75) is 33.2 Å². The monoisotopic (exact) mass is 340 g/mol. The molecule has 1 atom stereocenters. The van der Waals surface area contributed by atoms with Gasteiger partial charge in [0.25, 0.3) is 5.91 Å². The standard InChI is InChI=1S/C18H20N4O3/c1-4-21(15-9-16(23)20-17(15)24)18(25)13-10-19-22(12(13)3)14-8-6-5-7-11(14)2/h5-8,10,15H,4,9H2,1-3H3,(H,20,23,24)/t15-/m0/s1. The zero-order valence-electron chi connectivity index (χ0n) is 14.4. The van der Waals surface area contributed by atoms with E-state index in [-0.39, 0.29) is 18.2 Å². The van der Waals surface area contributed by atoms with Gasteiger partial charge in [-0.25, -0.2) is 4.68 Å². The molecule has 1 aromatic carbocycles. The number of carbonyl (C=O) groups excluding carboxylic acids is 3. The summed E-state index contributed by atoms with van der Waals surface area (Å²) in [4.78, 5) is 37.8. The quantitative estimate of drug-likeness (QED) is 0.852. The van der Waals surface area contributed by atoms with Crippen LogP contribution in [0.3, 0.4) is 0 Å². The molecule has 1 N–H and O–H groups in total. The minimum atomic E-state index is -0.758. The first kappa shape index (κ1) is 16.9. The van der Waals surface area contributed by atoms with E-state index in [1.54, 1.807) is 11.6 Å². The van der Waals surface area contributed by atoms with Gasteiger partial charge in [0.2, 0.25) is 11.8 Å². The fourth-order valence-electron chi connectivity index (χ4n) is 3.12. The molecule has 1 fully saturated rings. The van der Waals surface area contributed by atoms with E-state index in [4.69, 9.17) is 0 Å². The van der Waals surface area contributed by atoms with Crippen molar-refractivity contribution in [3.63, 3.8) is 0 Å². The Balaban J connectivity index is 1.94. The van der Waals surface area contributed by atoms with Crippen LogP contribution in [-0.4, -0.2) is 45.0 Å². The van der Waals surface area contributed by atoms with E-state index in [1.165, 1.54) is 11.1 Å². The van der Waals surface area contributed by atoms with Gasteiger partial charge in [0.15, 0.2) is 0 Å². The van der Waals surface area contributed by atoms with Crippen molar-refractivity contribution in [1.29, 1.82) is 0 Å². The van der Waals surface area contributed by atoms with Gasteiger partial charge in [-0.3, -0.25) is 19.7 Å². The van der Waals surface area contributed by atoms with Gasteiger partial charge in [-0.1, -0.05) is 18.2 Å². The van der Waals surface area contributed by atoms with Crippen LogP contribution in [0.1, 0.15) is 35.0 Å². The zero-order valence-corrected chi connectivity index (χ0v) is 14.4. The number of imide groups is 1. The molecule has 0 spiro atoms. The molecular formula is C18H20N4O3. The Hall–Kier alpha value is -2.96. The van der Waals surface area contributed by atoms with Gasteiger partial charge in [0.1, 0.15) is 6.04 Å².